The third-order valence-corrected chi connectivity index (χ3v) is 2.36. The SMILES string of the molecule is COCCCc1nc(C(C)(C)C)oc1C(F)(F)F. The van der Waals surface area contributed by atoms with Crippen molar-refractivity contribution in [3.63, 3.8) is 0 Å². The van der Waals surface area contributed by atoms with Crippen molar-refractivity contribution in [2.24, 2.45) is 0 Å². The number of nitrogens with zero attached hydrogens (tertiary/aromatic N) is 1. The number of oxazole rings is 1. The molecule has 0 saturated carbocycles. The lowest BCUT2D eigenvalue weighted by Gasteiger charge is -2.12. The first-order valence-electron chi connectivity index (χ1n) is 5.72. The van der Waals surface area contributed by atoms with Crippen LogP contribution in [0.3, 0.4) is 0 Å². The van der Waals surface area contributed by atoms with Crippen LogP contribution in [0.25, 0.3) is 0 Å². The van der Waals surface area contributed by atoms with Gasteiger partial charge < -0.3 is 9.15 Å². The summed E-state index contributed by atoms with van der Waals surface area (Å²) in [6.45, 7) is 5.68. The van der Waals surface area contributed by atoms with Gasteiger partial charge in [-0.05, 0) is 12.8 Å². The maximum absolute atomic E-state index is 12.8. The van der Waals surface area contributed by atoms with E-state index in [1.54, 1.807) is 20.8 Å². The van der Waals surface area contributed by atoms with Gasteiger partial charge in [-0.25, -0.2) is 4.98 Å². The minimum atomic E-state index is -4.50. The van der Waals surface area contributed by atoms with Gasteiger partial charge in [0.15, 0.2) is 0 Å². The zero-order valence-corrected chi connectivity index (χ0v) is 11.0. The van der Waals surface area contributed by atoms with Crippen molar-refractivity contribution < 1.29 is 22.3 Å². The summed E-state index contributed by atoms with van der Waals surface area (Å²) in [5, 5.41) is 0. The van der Waals surface area contributed by atoms with Crippen molar-refractivity contribution in [2.45, 2.75) is 45.2 Å². The molecule has 0 aliphatic rings. The Bertz CT molecular complexity index is 391. The summed E-state index contributed by atoms with van der Waals surface area (Å²) in [6.07, 6.45) is -3.82. The average molecular weight is 265 g/mol. The maximum Gasteiger partial charge on any atom is 0.451 e. The summed E-state index contributed by atoms with van der Waals surface area (Å²) in [5.74, 6) is -0.870. The topological polar surface area (TPSA) is 35.3 Å². The lowest BCUT2D eigenvalue weighted by atomic mass is 9.97. The molecule has 104 valence electrons. The van der Waals surface area contributed by atoms with Crippen LogP contribution in [0.5, 0.6) is 0 Å². The van der Waals surface area contributed by atoms with E-state index in [4.69, 9.17) is 9.15 Å². The maximum atomic E-state index is 12.8. The van der Waals surface area contributed by atoms with Gasteiger partial charge in [-0.2, -0.15) is 13.2 Å². The second kappa shape index (κ2) is 5.30. The highest BCUT2D eigenvalue weighted by Gasteiger charge is 2.40. The molecule has 1 aromatic rings. The van der Waals surface area contributed by atoms with Crippen LogP contribution in [0.15, 0.2) is 4.42 Å². The minimum Gasteiger partial charge on any atom is -0.435 e. The van der Waals surface area contributed by atoms with Crippen LogP contribution in [0.4, 0.5) is 13.2 Å². The summed E-state index contributed by atoms with van der Waals surface area (Å²) in [5.41, 5.74) is -0.580. The van der Waals surface area contributed by atoms with E-state index in [1.807, 2.05) is 0 Å². The standard InChI is InChI=1S/C12H18F3NO2/c1-11(2,3)10-16-8(6-5-7-17-4)9(18-10)12(13,14)15/h5-7H2,1-4H3. The normalized spacial score (nSPS) is 13.1. The number of rotatable bonds is 4. The highest BCUT2D eigenvalue weighted by atomic mass is 19.4. The lowest BCUT2D eigenvalue weighted by Crippen LogP contribution is -2.11. The molecule has 0 aliphatic carbocycles. The van der Waals surface area contributed by atoms with E-state index in [1.165, 1.54) is 7.11 Å². The summed E-state index contributed by atoms with van der Waals surface area (Å²) in [4.78, 5) is 3.98. The van der Waals surface area contributed by atoms with Crippen molar-refractivity contribution >= 4 is 0 Å². The van der Waals surface area contributed by atoms with Gasteiger partial charge in [0, 0.05) is 19.1 Å². The molecule has 0 bridgehead atoms. The second-order valence-corrected chi connectivity index (χ2v) is 5.14. The molecule has 0 aliphatic heterocycles. The van der Waals surface area contributed by atoms with E-state index >= 15 is 0 Å². The van der Waals surface area contributed by atoms with E-state index in [0.717, 1.165) is 0 Å². The number of alkyl halides is 3. The van der Waals surface area contributed by atoms with Gasteiger partial charge in [0.05, 0.1) is 5.69 Å². The predicted octanol–water partition coefficient (Wildman–Crippen LogP) is 3.57. The number of ether oxygens (including phenoxy) is 1. The first-order valence-corrected chi connectivity index (χ1v) is 5.72. The number of aromatic nitrogens is 1. The predicted molar refractivity (Wildman–Crippen MR) is 60.4 cm³/mol. The molecule has 0 spiro atoms. The van der Waals surface area contributed by atoms with E-state index in [-0.39, 0.29) is 18.0 Å². The van der Waals surface area contributed by atoms with Gasteiger partial charge in [-0.1, -0.05) is 20.8 Å². The van der Waals surface area contributed by atoms with Crippen molar-refractivity contribution in [3.8, 4) is 0 Å². The van der Waals surface area contributed by atoms with Crippen LogP contribution in [0.2, 0.25) is 0 Å². The molecule has 1 aromatic heterocycles. The Morgan fingerprint density at radius 2 is 1.83 bits per heavy atom. The van der Waals surface area contributed by atoms with Gasteiger partial charge in [0.25, 0.3) is 0 Å². The molecule has 6 heteroatoms. The van der Waals surface area contributed by atoms with Gasteiger partial charge in [0.2, 0.25) is 11.7 Å². The van der Waals surface area contributed by atoms with Crippen LogP contribution in [-0.4, -0.2) is 18.7 Å². The van der Waals surface area contributed by atoms with E-state index in [2.05, 4.69) is 4.98 Å². The summed E-state index contributed by atoms with van der Waals surface area (Å²) in [6, 6.07) is 0. The van der Waals surface area contributed by atoms with Crippen LogP contribution >= 0.6 is 0 Å². The largest absolute Gasteiger partial charge is 0.451 e. The highest BCUT2D eigenvalue weighted by Crippen LogP contribution is 2.35. The smallest absolute Gasteiger partial charge is 0.435 e. The fourth-order valence-electron chi connectivity index (χ4n) is 1.45. The molecule has 3 nitrogen and oxygen atoms in total. The summed E-state index contributed by atoms with van der Waals surface area (Å²) in [7, 11) is 1.51. The molecule has 0 aromatic carbocycles. The van der Waals surface area contributed by atoms with Gasteiger partial charge in [-0.15, -0.1) is 0 Å². The molecule has 0 fully saturated rings. The van der Waals surface area contributed by atoms with Crippen LogP contribution in [-0.2, 0) is 22.7 Å². The van der Waals surface area contributed by atoms with Crippen molar-refractivity contribution in [3.05, 3.63) is 17.3 Å². The fourth-order valence-corrected chi connectivity index (χ4v) is 1.45. The van der Waals surface area contributed by atoms with Crippen LogP contribution < -0.4 is 0 Å². The zero-order chi connectivity index (χ0) is 14.0. The molecule has 0 N–H and O–H groups in total. The quantitative estimate of drug-likeness (QED) is 0.781. The third kappa shape index (κ3) is 3.73. The number of methoxy groups -OCH3 is 1. The molecule has 0 radical (unpaired) electrons. The Morgan fingerprint density at radius 3 is 2.28 bits per heavy atom. The van der Waals surface area contributed by atoms with Crippen molar-refractivity contribution in [1.29, 1.82) is 0 Å². The third-order valence-electron chi connectivity index (χ3n) is 2.36. The Labute approximate surface area is 104 Å². The van der Waals surface area contributed by atoms with E-state index in [0.29, 0.717) is 13.0 Å². The molecular formula is C12H18F3NO2. The minimum absolute atomic E-state index is 0.0375. The van der Waals surface area contributed by atoms with Gasteiger partial charge in [0.1, 0.15) is 0 Å². The highest BCUT2D eigenvalue weighted by molar-refractivity contribution is 5.16. The zero-order valence-electron chi connectivity index (χ0n) is 11.0. The van der Waals surface area contributed by atoms with Crippen LogP contribution in [0, 0.1) is 0 Å². The monoisotopic (exact) mass is 265 g/mol. The summed E-state index contributed by atoms with van der Waals surface area (Å²) >= 11 is 0. The van der Waals surface area contributed by atoms with Crippen LogP contribution in [0.1, 0.15) is 44.5 Å². The number of hydrogen-bond donors (Lipinski definition) is 0. The molecule has 18 heavy (non-hydrogen) atoms. The molecule has 1 heterocycles. The lowest BCUT2D eigenvalue weighted by molar-refractivity contribution is -0.154. The Hall–Kier alpha value is -1.04. The first kappa shape index (κ1) is 15.0. The molecule has 0 saturated heterocycles. The Balaban J connectivity index is 3.02. The molecule has 0 unspecified atom stereocenters. The number of halogens is 3. The first-order chi connectivity index (χ1) is 8.16. The Kier molecular flexibility index (Phi) is 4.42. The van der Waals surface area contributed by atoms with Gasteiger partial charge in [-0.3, -0.25) is 0 Å². The number of aryl methyl sites for hydroxylation is 1. The Morgan fingerprint density at radius 1 is 1.22 bits per heavy atom. The second-order valence-electron chi connectivity index (χ2n) is 5.14. The fraction of sp³-hybridized carbons (Fsp3) is 0.750. The molecule has 1 rings (SSSR count). The van der Waals surface area contributed by atoms with Crippen molar-refractivity contribution in [1.82, 2.24) is 4.98 Å². The molecule has 0 amide bonds. The van der Waals surface area contributed by atoms with Gasteiger partial charge >= 0.3 is 6.18 Å². The van der Waals surface area contributed by atoms with E-state index < -0.39 is 17.4 Å². The number of hydrogen-bond acceptors (Lipinski definition) is 3. The summed E-state index contributed by atoms with van der Waals surface area (Å²) < 4.78 is 48.1. The average Bonchev–Trinajstić information content (AvgIpc) is 2.61. The van der Waals surface area contributed by atoms with E-state index in [9.17, 15) is 13.2 Å². The molecule has 0 atom stereocenters. The molecular weight excluding hydrogens is 247 g/mol. The van der Waals surface area contributed by atoms with Crippen molar-refractivity contribution in [2.75, 3.05) is 13.7 Å².